The monoisotopic (exact) mass is 593 g/mol. The lowest BCUT2D eigenvalue weighted by molar-refractivity contribution is 0.0697. The first-order valence-corrected chi connectivity index (χ1v) is 11.6. The number of carbonyl (C=O) groups is 1. The molecule has 8 heteroatoms. The zero-order valence-corrected chi connectivity index (χ0v) is 21.1. The lowest BCUT2D eigenvalue weighted by Crippen LogP contribution is -2.02. The Morgan fingerprint density at radius 3 is 2.36 bits per heavy atom. The van der Waals surface area contributed by atoms with Crippen LogP contribution in [0.25, 0.3) is 11.6 Å². The number of rotatable bonds is 8. The second-order valence-electron chi connectivity index (χ2n) is 6.85. The van der Waals surface area contributed by atoms with Crippen molar-refractivity contribution in [2.75, 3.05) is 6.61 Å². The average molecular weight is 594 g/mol. The van der Waals surface area contributed by atoms with Gasteiger partial charge in [-0.2, -0.15) is 5.26 Å². The van der Waals surface area contributed by atoms with Crippen molar-refractivity contribution in [2.45, 2.75) is 13.5 Å². The number of hydrogen-bond acceptors (Lipinski definition) is 4. The van der Waals surface area contributed by atoms with Gasteiger partial charge in [-0.1, -0.05) is 41.4 Å². The number of nitrogens with zero attached hydrogens (tertiary/aromatic N) is 1. The molecule has 1 N–H and O–H groups in total. The predicted octanol–water partition coefficient (Wildman–Crippen LogP) is 7.34. The van der Waals surface area contributed by atoms with Gasteiger partial charge in [-0.25, -0.2) is 4.79 Å². The Labute approximate surface area is 215 Å². The zero-order chi connectivity index (χ0) is 24.0. The number of allylic oxidation sites excluding steroid dienone is 1. The fraction of sp³-hybridized carbons (Fsp3) is 0.120. The number of carboxylic acids is 1. The van der Waals surface area contributed by atoms with Crippen LogP contribution in [0.5, 0.6) is 11.5 Å². The highest BCUT2D eigenvalue weighted by molar-refractivity contribution is 14.1. The van der Waals surface area contributed by atoms with Crippen molar-refractivity contribution in [2.24, 2.45) is 0 Å². The second-order valence-corrected chi connectivity index (χ2v) is 8.83. The van der Waals surface area contributed by atoms with E-state index >= 15 is 0 Å². The van der Waals surface area contributed by atoms with Gasteiger partial charge >= 0.3 is 5.97 Å². The number of nitriles is 1. The molecular weight excluding hydrogens is 576 g/mol. The van der Waals surface area contributed by atoms with Crippen LogP contribution in [-0.4, -0.2) is 17.7 Å². The fourth-order valence-electron chi connectivity index (χ4n) is 3.00. The quantitative estimate of drug-likeness (QED) is 0.168. The van der Waals surface area contributed by atoms with E-state index in [2.05, 4.69) is 28.7 Å². The van der Waals surface area contributed by atoms with Gasteiger partial charge < -0.3 is 14.6 Å². The van der Waals surface area contributed by atoms with Crippen LogP contribution in [0.15, 0.2) is 54.6 Å². The third-order valence-electron chi connectivity index (χ3n) is 4.57. The van der Waals surface area contributed by atoms with Crippen molar-refractivity contribution in [1.82, 2.24) is 0 Å². The Hall–Kier alpha value is -2.73. The topological polar surface area (TPSA) is 79.5 Å². The van der Waals surface area contributed by atoms with Crippen LogP contribution in [0.2, 0.25) is 10.0 Å². The summed E-state index contributed by atoms with van der Waals surface area (Å²) in [6.45, 7) is 2.60. The van der Waals surface area contributed by atoms with Crippen LogP contribution in [0.3, 0.4) is 0 Å². The number of benzene rings is 3. The summed E-state index contributed by atoms with van der Waals surface area (Å²) in [4.78, 5) is 11.1. The summed E-state index contributed by atoms with van der Waals surface area (Å²) in [5.74, 6) is 0.121. The molecule has 0 saturated heterocycles. The summed E-state index contributed by atoms with van der Waals surface area (Å²) < 4.78 is 12.6. The molecule has 3 aromatic rings. The van der Waals surface area contributed by atoms with Gasteiger partial charge in [0.25, 0.3) is 0 Å². The number of hydrogen-bond donors (Lipinski definition) is 1. The van der Waals surface area contributed by atoms with Crippen LogP contribution in [0.1, 0.15) is 34.0 Å². The summed E-state index contributed by atoms with van der Waals surface area (Å²) in [5.41, 5.74) is 2.80. The van der Waals surface area contributed by atoms with E-state index in [1.807, 2.05) is 19.1 Å². The van der Waals surface area contributed by atoms with Crippen LogP contribution in [0.4, 0.5) is 0 Å². The van der Waals surface area contributed by atoms with E-state index in [4.69, 9.17) is 37.8 Å². The van der Waals surface area contributed by atoms with E-state index in [1.54, 1.807) is 36.4 Å². The molecule has 0 fully saturated rings. The molecule has 0 saturated carbocycles. The van der Waals surface area contributed by atoms with Gasteiger partial charge in [0.2, 0.25) is 0 Å². The lowest BCUT2D eigenvalue weighted by atomic mass is 10.0. The van der Waals surface area contributed by atoms with E-state index in [1.165, 1.54) is 12.1 Å². The van der Waals surface area contributed by atoms with E-state index in [9.17, 15) is 10.1 Å². The lowest BCUT2D eigenvalue weighted by Gasteiger charge is -2.15. The third kappa shape index (κ3) is 6.41. The van der Waals surface area contributed by atoms with Gasteiger partial charge in [-0.15, -0.1) is 0 Å². The highest BCUT2D eigenvalue weighted by Gasteiger charge is 2.14. The van der Waals surface area contributed by atoms with Crippen molar-refractivity contribution in [1.29, 1.82) is 5.26 Å². The SMILES string of the molecule is CCOc1cc(/C=C(/C#N)c2ccc(C(=O)O)cc2)cc(I)c1OCc1ccc(Cl)c(Cl)c1. The fourth-order valence-corrected chi connectivity index (χ4v) is 4.10. The molecule has 3 rings (SSSR count). The first-order chi connectivity index (χ1) is 15.8. The third-order valence-corrected chi connectivity index (χ3v) is 6.11. The molecule has 0 bridgehead atoms. The molecule has 33 heavy (non-hydrogen) atoms. The molecular formula is C25H18Cl2INO4. The Morgan fingerprint density at radius 2 is 1.76 bits per heavy atom. The van der Waals surface area contributed by atoms with Gasteiger partial charge in [0.05, 0.1) is 37.4 Å². The van der Waals surface area contributed by atoms with Crippen LogP contribution in [0, 0.1) is 14.9 Å². The smallest absolute Gasteiger partial charge is 0.335 e. The first kappa shape index (κ1) is 24.9. The number of aromatic carboxylic acids is 1. The maximum atomic E-state index is 11.1. The Morgan fingerprint density at radius 1 is 1.06 bits per heavy atom. The molecule has 3 aromatic carbocycles. The Balaban J connectivity index is 1.90. The maximum Gasteiger partial charge on any atom is 0.335 e. The number of halogens is 3. The van der Waals surface area contributed by atoms with Gasteiger partial charge in [-0.3, -0.25) is 0 Å². The minimum atomic E-state index is -1.02. The van der Waals surface area contributed by atoms with Gasteiger partial charge in [0, 0.05) is 0 Å². The highest BCUT2D eigenvalue weighted by atomic mass is 127. The molecule has 0 aliphatic rings. The normalized spacial score (nSPS) is 11.1. The maximum absolute atomic E-state index is 11.1. The van der Waals surface area contributed by atoms with Gasteiger partial charge in [-0.05, 0) is 88.7 Å². The largest absolute Gasteiger partial charge is 0.490 e. The van der Waals surface area contributed by atoms with Crippen molar-refractivity contribution < 1.29 is 19.4 Å². The molecule has 168 valence electrons. The van der Waals surface area contributed by atoms with E-state index in [-0.39, 0.29) is 12.2 Å². The van der Waals surface area contributed by atoms with Crippen molar-refractivity contribution in [3.8, 4) is 17.6 Å². The summed E-state index contributed by atoms with van der Waals surface area (Å²) in [7, 11) is 0. The average Bonchev–Trinajstić information content (AvgIpc) is 2.79. The van der Waals surface area contributed by atoms with E-state index in [0.29, 0.717) is 39.3 Å². The minimum absolute atomic E-state index is 0.160. The molecule has 5 nitrogen and oxygen atoms in total. The zero-order valence-electron chi connectivity index (χ0n) is 17.4. The predicted molar refractivity (Wildman–Crippen MR) is 138 cm³/mol. The molecule has 0 heterocycles. The highest BCUT2D eigenvalue weighted by Crippen LogP contribution is 2.36. The molecule has 0 aromatic heterocycles. The Kier molecular flexibility index (Phi) is 8.61. The molecule has 0 unspecified atom stereocenters. The molecule has 0 amide bonds. The minimum Gasteiger partial charge on any atom is -0.490 e. The summed E-state index contributed by atoms with van der Waals surface area (Å²) in [5, 5.41) is 19.7. The molecule has 0 spiro atoms. The first-order valence-electron chi connectivity index (χ1n) is 9.81. The summed E-state index contributed by atoms with van der Waals surface area (Å²) >= 11 is 14.2. The van der Waals surface area contributed by atoms with Crippen LogP contribution in [-0.2, 0) is 6.61 Å². The summed E-state index contributed by atoms with van der Waals surface area (Å²) in [6, 6.07) is 17.3. The number of ether oxygens (including phenoxy) is 2. The standard InChI is InChI=1S/C25H18Cl2INO4/c1-2-32-23-12-16(9-19(13-29)17-4-6-18(7-5-17)25(30)31)11-22(28)24(23)33-14-15-3-8-20(26)21(27)10-15/h3-12H,2,14H2,1H3,(H,30,31)/b19-9-. The Bertz CT molecular complexity index is 1250. The molecule has 0 aliphatic heterocycles. The molecule has 0 atom stereocenters. The van der Waals surface area contributed by atoms with E-state index < -0.39 is 5.97 Å². The van der Waals surface area contributed by atoms with Gasteiger partial charge in [0.1, 0.15) is 6.61 Å². The number of carboxylic acid groups (broad SMARTS) is 1. The summed E-state index contributed by atoms with van der Waals surface area (Å²) in [6.07, 6.45) is 1.73. The van der Waals surface area contributed by atoms with Crippen molar-refractivity contribution in [3.63, 3.8) is 0 Å². The van der Waals surface area contributed by atoms with Crippen molar-refractivity contribution in [3.05, 3.63) is 90.5 Å². The van der Waals surface area contributed by atoms with Crippen LogP contribution >= 0.6 is 45.8 Å². The second kappa shape index (κ2) is 11.4. The van der Waals surface area contributed by atoms with Gasteiger partial charge in [0.15, 0.2) is 11.5 Å². The van der Waals surface area contributed by atoms with Crippen molar-refractivity contribution >= 4 is 63.4 Å². The van der Waals surface area contributed by atoms with Crippen LogP contribution < -0.4 is 9.47 Å². The molecule has 0 radical (unpaired) electrons. The molecule has 0 aliphatic carbocycles. The van der Waals surface area contributed by atoms with E-state index in [0.717, 1.165) is 14.7 Å².